The van der Waals surface area contributed by atoms with Gasteiger partial charge in [-0.15, -0.1) is 0 Å². The second-order valence-electron chi connectivity index (χ2n) is 5.61. The van der Waals surface area contributed by atoms with E-state index in [1.54, 1.807) is 30.3 Å². The molecule has 13 heteroatoms. The summed E-state index contributed by atoms with van der Waals surface area (Å²) in [4.78, 5) is -0.260. The molecule has 3 aromatic rings. The minimum Gasteiger partial charge on any atom is -0.336 e. The number of alkyl halides is 3. The predicted molar refractivity (Wildman–Crippen MR) is 94.4 cm³/mol. The fraction of sp³-hybridized carbons (Fsp3) is 0.0625. The molecule has 29 heavy (non-hydrogen) atoms. The molecule has 1 aromatic heterocycles. The summed E-state index contributed by atoms with van der Waals surface area (Å²) >= 11 is 0. The van der Waals surface area contributed by atoms with Crippen molar-refractivity contribution >= 4 is 20.1 Å². The number of nitrogens with two attached hydrogens (primary N) is 1. The lowest BCUT2D eigenvalue weighted by molar-refractivity contribution is -0.0507. The molecular weight excluding hydrogens is 437 g/mol. The number of hydrogen-bond acceptors (Lipinski definition) is 7. The first-order chi connectivity index (χ1) is 13.4. The highest BCUT2D eigenvalue weighted by Gasteiger charge is 2.49. The van der Waals surface area contributed by atoms with E-state index in [4.69, 9.17) is 9.66 Å². The second-order valence-corrected chi connectivity index (χ2v) is 8.71. The monoisotopic (exact) mass is 448 g/mol. The molecule has 0 saturated carbocycles. The summed E-state index contributed by atoms with van der Waals surface area (Å²) in [7, 11) is -10.1. The van der Waals surface area contributed by atoms with E-state index in [-0.39, 0.29) is 21.7 Å². The summed E-state index contributed by atoms with van der Waals surface area (Å²) < 4.78 is 92.6. The van der Waals surface area contributed by atoms with Gasteiger partial charge < -0.3 is 8.71 Å². The van der Waals surface area contributed by atoms with Crippen LogP contribution in [0.4, 0.5) is 13.2 Å². The molecule has 0 aliphatic carbocycles. The molecule has 3 rings (SSSR count). The first kappa shape index (κ1) is 20.8. The first-order valence-electron chi connectivity index (χ1n) is 7.59. The van der Waals surface area contributed by atoms with Crippen LogP contribution in [-0.2, 0) is 20.1 Å². The maximum absolute atomic E-state index is 12.7. The molecule has 2 N–H and O–H groups in total. The SMILES string of the molecule is NS(=O)(=O)c1ccc(-c2c(-c3ccccc3)noc2OS(=O)(=O)C(F)(F)F)cc1. The minimum atomic E-state index is -6.03. The molecule has 1 heterocycles. The fourth-order valence-electron chi connectivity index (χ4n) is 2.34. The van der Waals surface area contributed by atoms with Crippen LogP contribution < -0.4 is 9.32 Å². The molecule has 2 aromatic carbocycles. The van der Waals surface area contributed by atoms with Crippen LogP contribution in [0.1, 0.15) is 0 Å². The largest absolute Gasteiger partial charge is 0.534 e. The summed E-state index contributed by atoms with van der Waals surface area (Å²) in [6, 6.07) is 12.6. The van der Waals surface area contributed by atoms with Gasteiger partial charge >= 0.3 is 21.6 Å². The number of nitrogens with zero attached hydrogens (tertiary/aromatic N) is 1. The number of rotatable bonds is 5. The van der Waals surface area contributed by atoms with Crippen LogP contribution in [0.2, 0.25) is 0 Å². The van der Waals surface area contributed by atoms with Crippen LogP contribution in [0.3, 0.4) is 0 Å². The molecule has 154 valence electrons. The highest BCUT2D eigenvalue weighted by molar-refractivity contribution is 7.89. The Kier molecular flexibility index (Phi) is 5.15. The Labute approximate surface area is 162 Å². The first-order valence-corrected chi connectivity index (χ1v) is 10.5. The molecule has 0 aliphatic heterocycles. The zero-order valence-electron chi connectivity index (χ0n) is 14.1. The van der Waals surface area contributed by atoms with Crippen molar-refractivity contribution in [1.82, 2.24) is 5.16 Å². The number of aromatic nitrogens is 1. The number of sulfonamides is 1. The van der Waals surface area contributed by atoms with E-state index < -0.39 is 31.6 Å². The van der Waals surface area contributed by atoms with Crippen LogP contribution in [0.15, 0.2) is 64.0 Å². The van der Waals surface area contributed by atoms with Gasteiger partial charge in [0.15, 0.2) is 0 Å². The highest BCUT2D eigenvalue weighted by Crippen LogP contribution is 2.41. The Morgan fingerprint density at radius 2 is 1.48 bits per heavy atom. The second kappa shape index (κ2) is 7.17. The number of benzene rings is 2. The van der Waals surface area contributed by atoms with E-state index in [1.807, 2.05) is 0 Å². The molecule has 0 spiro atoms. The standard InChI is InChI=1S/C16H11F3N2O6S2/c17-16(18,19)29(24,25)27-15-13(10-6-8-12(9-7-10)28(20,22)23)14(21-26-15)11-4-2-1-3-5-11/h1-9H,(H2,20,22,23). The third-order valence-electron chi connectivity index (χ3n) is 3.65. The lowest BCUT2D eigenvalue weighted by Gasteiger charge is -2.09. The van der Waals surface area contributed by atoms with Crippen LogP contribution >= 0.6 is 0 Å². The summed E-state index contributed by atoms with van der Waals surface area (Å²) in [5.74, 6) is -1.02. The van der Waals surface area contributed by atoms with Gasteiger partial charge in [0.2, 0.25) is 10.0 Å². The fourth-order valence-corrected chi connectivity index (χ4v) is 3.26. The number of primary sulfonamides is 1. The third kappa shape index (κ3) is 4.26. The van der Waals surface area contributed by atoms with Gasteiger partial charge in [0.05, 0.1) is 10.5 Å². The molecule has 0 radical (unpaired) electrons. The van der Waals surface area contributed by atoms with E-state index in [1.165, 1.54) is 12.1 Å². The summed E-state index contributed by atoms with van der Waals surface area (Å²) in [5, 5.41) is 8.65. The van der Waals surface area contributed by atoms with Crippen molar-refractivity contribution < 1.29 is 38.7 Å². The molecular formula is C16H11F3N2O6S2. The van der Waals surface area contributed by atoms with Gasteiger partial charge in [-0.2, -0.15) is 21.6 Å². The van der Waals surface area contributed by atoms with Gasteiger partial charge in [0.1, 0.15) is 5.69 Å². The van der Waals surface area contributed by atoms with Crippen molar-refractivity contribution in [2.75, 3.05) is 0 Å². The zero-order chi connectivity index (χ0) is 21.4. The Bertz CT molecular complexity index is 1240. The highest BCUT2D eigenvalue weighted by atomic mass is 32.2. The summed E-state index contributed by atoms with van der Waals surface area (Å²) in [6.45, 7) is 0. The third-order valence-corrected chi connectivity index (χ3v) is 5.52. The molecule has 0 unspecified atom stereocenters. The topological polar surface area (TPSA) is 130 Å². The molecule has 0 bridgehead atoms. The van der Waals surface area contributed by atoms with Crippen LogP contribution in [-0.4, -0.2) is 27.5 Å². The lowest BCUT2D eigenvalue weighted by Crippen LogP contribution is -2.28. The zero-order valence-corrected chi connectivity index (χ0v) is 15.8. The normalized spacial score (nSPS) is 12.7. The quantitative estimate of drug-likeness (QED) is 0.469. The van der Waals surface area contributed by atoms with Crippen LogP contribution in [0.5, 0.6) is 5.95 Å². The van der Waals surface area contributed by atoms with Gasteiger partial charge in [-0.05, 0) is 17.7 Å². The Morgan fingerprint density at radius 1 is 0.897 bits per heavy atom. The van der Waals surface area contributed by atoms with Crippen LogP contribution in [0, 0.1) is 0 Å². The predicted octanol–water partition coefficient (Wildman–Crippen LogP) is 2.88. The van der Waals surface area contributed by atoms with Crippen molar-refractivity contribution in [3.05, 3.63) is 54.6 Å². The van der Waals surface area contributed by atoms with Crippen molar-refractivity contribution in [3.63, 3.8) is 0 Å². The number of hydrogen-bond donors (Lipinski definition) is 1. The molecule has 0 atom stereocenters. The van der Waals surface area contributed by atoms with Crippen molar-refractivity contribution in [3.8, 4) is 28.3 Å². The van der Waals surface area contributed by atoms with Crippen LogP contribution in [0.25, 0.3) is 22.4 Å². The molecule has 0 fully saturated rings. The van der Waals surface area contributed by atoms with E-state index in [0.717, 1.165) is 12.1 Å². The summed E-state index contributed by atoms with van der Waals surface area (Å²) in [5.41, 5.74) is -5.45. The molecule has 8 nitrogen and oxygen atoms in total. The van der Waals surface area contributed by atoms with E-state index >= 15 is 0 Å². The number of halogens is 3. The Balaban J connectivity index is 2.18. The molecule has 0 aliphatic rings. The van der Waals surface area contributed by atoms with Crippen molar-refractivity contribution in [2.24, 2.45) is 5.14 Å². The maximum atomic E-state index is 12.7. The smallest absolute Gasteiger partial charge is 0.336 e. The van der Waals surface area contributed by atoms with Gasteiger partial charge in [0, 0.05) is 5.56 Å². The van der Waals surface area contributed by atoms with E-state index in [2.05, 4.69) is 9.34 Å². The van der Waals surface area contributed by atoms with Crippen molar-refractivity contribution in [1.29, 1.82) is 0 Å². The Hall–Kier alpha value is -2.90. The maximum Gasteiger partial charge on any atom is 0.534 e. The molecule has 0 saturated heterocycles. The summed E-state index contributed by atoms with van der Waals surface area (Å²) in [6.07, 6.45) is 0. The Morgan fingerprint density at radius 3 is 2.00 bits per heavy atom. The van der Waals surface area contributed by atoms with Gasteiger partial charge in [-0.1, -0.05) is 47.6 Å². The van der Waals surface area contributed by atoms with E-state index in [9.17, 15) is 30.0 Å². The molecule has 0 amide bonds. The lowest BCUT2D eigenvalue weighted by atomic mass is 10.0. The van der Waals surface area contributed by atoms with Gasteiger partial charge in [-0.3, -0.25) is 0 Å². The van der Waals surface area contributed by atoms with Crippen molar-refractivity contribution in [2.45, 2.75) is 10.4 Å². The van der Waals surface area contributed by atoms with Gasteiger partial charge in [0.25, 0.3) is 0 Å². The van der Waals surface area contributed by atoms with Gasteiger partial charge in [-0.25, -0.2) is 13.6 Å². The minimum absolute atomic E-state index is 0.0127. The average molecular weight is 448 g/mol. The average Bonchev–Trinajstić information content (AvgIpc) is 3.03. The van der Waals surface area contributed by atoms with E-state index in [0.29, 0.717) is 5.56 Å².